The van der Waals surface area contributed by atoms with Gasteiger partial charge in [-0.05, 0) is 42.0 Å². The fourth-order valence-electron chi connectivity index (χ4n) is 3.06. The van der Waals surface area contributed by atoms with Crippen molar-refractivity contribution in [2.45, 2.75) is 18.5 Å². The normalized spacial score (nSPS) is 17.9. The summed E-state index contributed by atoms with van der Waals surface area (Å²) in [4.78, 5) is 13.9. The van der Waals surface area contributed by atoms with Crippen molar-refractivity contribution in [2.24, 2.45) is 0 Å². The minimum Gasteiger partial charge on any atom is -0.370 e. The lowest BCUT2D eigenvalue weighted by molar-refractivity contribution is -0.143. The minimum absolute atomic E-state index is 0.00122. The second kappa shape index (κ2) is 8.28. The predicted molar refractivity (Wildman–Crippen MR) is 97.5 cm³/mol. The van der Waals surface area contributed by atoms with Gasteiger partial charge in [-0.1, -0.05) is 23.2 Å². The number of morpholine rings is 1. The lowest BCUT2D eigenvalue weighted by Gasteiger charge is -2.33. The maximum atomic E-state index is 13.1. The molecule has 1 heterocycles. The van der Waals surface area contributed by atoms with Crippen molar-refractivity contribution in [3.05, 3.63) is 68.7 Å². The Morgan fingerprint density at radius 2 is 1.43 bits per heavy atom. The molecule has 0 radical (unpaired) electrons. The molecule has 2 aromatic carbocycles. The summed E-state index contributed by atoms with van der Waals surface area (Å²) < 4.78 is 84.0. The van der Waals surface area contributed by atoms with Crippen LogP contribution in [0.15, 0.2) is 36.4 Å². The van der Waals surface area contributed by atoms with Gasteiger partial charge in [0, 0.05) is 22.2 Å². The summed E-state index contributed by atoms with van der Waals surface area (Å²) in [6.07, 6.45) is -10.8. The van der Waals surface area contributed by atoms with Gasteiger partial charge in [-0.15, -0.1) is 0 Å². The van der Waals surface area contributed by atoms with Crippen LogP contribution in [0.4, 0.5) is 26.3 Å². The molecule has 3 nitrogen and oxygen atoms in total. The number of halogens is 8. The summed E-state index contributed by atoms with van der Waals surface area (Å²) >= 11 is 11.9. The zero-order valence-electron chi connectivity index (χ0n) is 15.0. The number of hydrogen-bond acceptors (Lipinski definition) is 2. The monoisotopic (exact) mass is 471 g/mol. The van der Waals surface area contributed by atoms with Gasteiger partial charge in [-0.3, -0.25) is 4.79 Å². The number of alkyl halides is 6. The molecule has 162 valence electrons. The van der Waals surface area contributed by atoms with Crippen molar-refractivity contribution < 1.29 is 35.9 Å². The zero-order valence-corrected chi connectivity index (χ0v) is 16.5. The highest BCUT2D eigenvalue weighted by Gasteiger charge is 2.38. The van der Waals surface area contributed by atoms with Gasteiger partial charge < -0.3 is 9.64 Å². The van der Waals surface area contributed by atoms with Gasteiger partial charge in [0.25, 0.3) is 5.91 Å². The van der Waals surface area contributed by atoms with Crippen molar-refractivity contribution in [2.75, 3.05) is 19.7 Å². The Morgan fingerprint density at radius 3 is 1.93 bits per heavy atom. The quantitative estimate of drug-likeness (QED) is 0.484. The smallest absolute Gasteiger partial charge is 0.370 e. The van der Waals surface area contributed by atoms with Crippen LogP contribution in [-0.4, -0.2) is 30.5 Å². The third kappa shape index (κ3) is 5.19. The number of hydrogen-bond donors (Lipinski definition) is 0. The van der Waals surface area contributed by atoms with E-state index in [1.807, 2.05) is 0 Å². The molecule has 1 unspecified atom stereocenters. The predicted octanol–water partition coefficient (Wildman–Crippen LogP) is 6.24. The van der Waals surface area contributed by atoms with Crippen LogP contribution in [0.1, 0.15) is 33.2 Å². The second-order valence-corrected chi connectivity index (χ2v) is 7.48. The molecular formula is C19H13Cl2F6NO2. The minimum atomic E-state index is -5.04. The van der Waals surface area contributed by atoms with Crippen LogP contribution in [0.3, 0.4) is 0 Å². The van der Waals surface area contributed by atoms with E-state index in [-0.39, 0.29) is 25.8 Å². The van der Waals surface area contributed by atoms with E-state index in [4.69, 9.17) is 27.9 Å². The van der Waals surface area contributed by atoms with E-state index in [0.29, 0.717) is 27.7 Å². The van der Waals surface area contributed by atoms with Gasteiger partial charge >= 0.3 is 12.4 Å². The fraction of sp³-hybridized carbons (Fsp3) is 0.316. The SMILES string of the molecule is O=C(c1cc(C(F)(F)F)cc(C(F)(F)F)c1)N1CCOC(c2cc(Cl)cc(Cl)c2)C1. The number of nitrogens with zero attached hydrogens (tertiary/aromatic N) is 1. The van der Waals surface area contributed by atoms with Gasteiger partial charge in [0.2, 0.25) is 0 Å². The Morgan fingerprint density at radius 1 is 0.900 bits per heavy atom. The van der Waals surface area contributed by atoms with Crippen molar-refractivity contribution in [3.8, 4) is 0 Å². The topological polar surface area (TPSA) is 29.5 Å². The summed E-state index contributed by atoms with van der Waals surface area (Å²) in [6.45, 7) is -0.0556. The molecule has 2 aromatic rings. The maximum Gasteiger partial charge on any atom is 0.416 e. The van der Waals surface area contributed by atoms with Crippen molar-refractivity contribution in [1.82, 2.24) is 4.90 Å². The largest absolute Gasteiger partial charge is 0.416 e. The zero-order chi connectivity index (χ0) is 22.3. The lowest BCUT2D eigenvalue weighted by atomic mass is 10.0. The molecule has 0 aliphatic carbocycles. The van der Waals surface area contributed by atoms with Crippen LogP contribution < -0.4 is 0 Å². The summed E-state index contributed by atoms with van der Waals surface area (Å²) in [5.74, 6) is -0.965. The molecule has 1 atom stereocenters. The van der Waals surface area contributed by atoms with Gasteiger partial charge in [0.15, 0.2) is 0 Å². The Bertz CT molecular complexity index is 909. The van der Waals surface area contributed by atoms with Crippen molar-refractivity contribution in [3.63, 3.8) is 0 Å². The van der Waals surface area contributed by atoms with Crippen molar-refractivity contribution >= 4 is 29.1 Å². The van der Waals surface area contributed by atoms with Crippen LogP contribution in [0, 0.1) is 0 Å². The first-order valence-electron chi connectivity index (χ1n) is 8.51. The molecule has 1 saturated heterocycles. The summed E-state index contributed by atoms with van der Waals surface area (Å²) in [5.41, 5.74) is -3.27. The molecule has 1 fully saturated rings. The van der Waals surface area contributed by atoms with Crippen LogP contribution in [0.25, 0.3) is 0 Å². The molecule has 1 aliphatic heterocycles. The van der Waals surface area contributed by atoms with E-state index in [1.54, 1.807) is 12.1 Å². The number of ether oxygens (including phenoxy) is 1. The van der Waals surface area contributed by atoms with Crippen LogP contribution >= 0.6 is 23.2 Å². The number of amides is 1. The van der Waals surface area contributed by atoms with E-state index in [9.17, 15) is 31.1 Å². The molecule has 0 N–H and O–H groups in total. The van der Waals surface area contributed by atoms with E-state index >= 15 is 0 Å². The first-order chi connectivity index (χ1) is 13.8. The first-order valence-corrected chi connectivity index (χ1v) is 9.26. The Labute approximate surface area is 177 Å². The van der Waals surface area contributed by atoms with Crippen LogP contribution in [-0.2, 0) is 17.1 Å². The Kier molecular flexibility index (Phi) is 6.27. The Balaban J connectivity index is 1.92. The number of carbonyl (C=O) groups excluding carboxylic acids is 1. The second-order valence-electron chi connectivity index (χ2n) is 6.61. The maximum absolute atomic E-state index is 13.1. The first kappa shape index (κ1) is 22.7. The molecule has 3 rings (SSSR count). The molecular weight excluding hydrogens is 459 g/mol. The summed E-state index contributed by atoms with van der Waals surface area (Å²) in [7, 11) is 0. The van der Waals surface area contributed by atoms with Gasteiger partial charge in [-0.25, -0.2) is 0 Å². The van der Waals surface area contributed by atoms with Gasteiger partial charge in [0.1, 0.15) is 6.10 Å². The van der Waals surface area contributed by atoms with E-state index in [1.165, 1.54) is 6.07 Å². The molecule has 1 aliphatic rings. The lowest BCUT2D eigenvalue weighted by Crippen LogP contribution is -2.42. The highest BCUT2D eigenvalue weighted by Crippen LogP contribution is 2.37. The van der Waals surface area contributed by atoms with Crippen LogP contribution in [0.2, 0.25) is 10.0 Å². The molecule has 0 saturated carbocycles. The average Bonchev–Trinajstić information content (AvgIpc) is 2.65. The Hall–Kier alpha value is -1.97. The fourth-order valence-corrected chi connectivity index (χ4v) is 3.60. The summed E-state index contributed by atoms with van der Waals surface area (Å²) in [6, 6.07) is 5.40. The standard InChI is InChI=1S/C19H13Cl2F6NO2/c20-14-5-10(6-15(21)8-14)16-9-28(1-2-30-16)17(29)11-3-12(18(22,23)24)7-13(4-11)19(25,26)27/h3-8,16H,1-2,9H2. The summed E-state index contributed by atoms with van der Waals surface area (Å²) in [5, 5.41) is 0.634. The highest BCUT2D eigenvalue weighted by atomic mass is 35.5. The third-order valence-electron chi connectivity index (χ3n) is 4.44. The van der Waals surface area contributed by atoms with Crippen molar-refractivity contribution in [1.29, 1.82) is 0 Å². The molecule has 0 aromatic heterocycles. The van der Waals surface area contributed by atoms with Gasteiger partial charge in [0.05, 0.1) is 24.3 Å². The molecule has 0 spiro atoms. The third-order valence-corrected chi connectivity index (χ3v) is 4.88. The molecule has 30 heavy (non-hydrogen) atoms. The molecule has 1 amide bonds. The number of benzene rings is 2. The number of rotatable bonds is 2. The van der Waals surface area contributed by atoms with E-state index < -0.39 is 41.1 Å². The van der Waals surface area contributed by atoms with E-state index in [0.717, 1.165) is 4.90 Å². The van der Waals surface area contributed by atoms with Gasteiger partial charge in [-0.2, -0.15) is 26.3 Å². The molecule has 0 bridgehead atoms. The highest BCUT2D eigenvalue weighted by molar-refractivity contribution is 6.34. The van der Waals surface area contributed by atoms with E-state index in [2.05, 4.69) is 0 Å². The molecule has 11 heteroatoms. The average molecular weight is 472 g/mol. The number of carbonyl (C=O) groups is 1. The van der Waals surface area contributed by atoms with Crippen LogP contribution in [0.5, 0.6) is 0 Å².